The molecule has 0 radical (unpaired) electrons. The normalized spacial score (nSPS) is 11.6. The van der Waals surface area contributed by atoms with E-state index in [1.165, 1.54) is 6.20 Å². The first-order valence-electron chi connectivity index (χ1n) is 7.41. The number of rotatable bonds is 5. The number of nitrogens with zero attached hydrogens (tertiary/aromatic N) is 3. The molecule has 0 saturated carbocycles. The Hall–Kier alpha value is -2.54. The summed E-state index contributed by atoms with van der Waals surface area (Å²) in [6.07, 6.45) is 6.81. The van der Waals surface area contributed by atoms with E-state index in [2.05, 4.69) is 15.4 Å². The Bertz CT molecular complexity index is 919. The Morgan fingerprint density at radius 3 is 2.84 bits per heavy atom. The van der Waals surface area contributed by atoms with Crippen molar-refractivity contribution in [3.05, 3.63) is 76.4 Å². The number of pyridine rings is 1. The van der Waals surface area contributed by atoms with Crippen LogP contribution in [0.2, 0.25) is 10.0 Å². The topological polar surface area (TPSA) is 94.8 Å². The summed E-state index contributed by atoms with van der Waals surface area (Å²) in [5.74, 6) is 5.26. The fourth-order valence-corrected chi connectivity index (χ4v) is 2.75. The Morgan fingerprint density at radius 1 is 1.20 bits per heavy atom. The smallest absolute Gasteiger partial charge is 0.107 e. The Morgan fingerprint density at radius 2 is 2.04 bits per heavy atom. The van der Waals surface area contributed by atoms with Crippen molar-refractivity contribution < 1.29 is 0 Å². The minimum atomic E-state index is 0.510. The highest BCUT2D eigenvalue weighted by Gasteiger charge is 2.09. The van der Waals surface area contributed by atoms with Gasteiger partial charge in [-0.25, -0.2) is 4.98 Å². The third-order valence-electron chi connectivity index (χ3n) is 3.61. The molecule has 0 unspecified atom stereocenters. The molecule has 0 aliphatic heterocycles. The van der Waals surface area contributed by atoms with E-state index in [0.717, 1.165) is 16.8 Å². The van der Waals surface area contributed by atoms with Crippen LogP contribution < -0.4 is 17.0 Å². The van der Waals surface area contributed by atoms with Gasteiger partial charge >= 0.3 is 0 Å². The molecule has 0 fully saturated rings. The van der Waals surface area contributed by atoms with Gasteiger partial charge in [0.25, 0.3) is 0 Å². The summed E-state index contributed by atoms with van der Waals surface area (Å²) in [6.45, 7) is 0.561. The van der Waals surface area contributed by atoms with E-state index in [0.29, 0.717) is 28.0 Å². The molecule has 2 heterocycles. The second-order valence-electron chi connectivity index (χ2n) is 5.34. The van der Waals surface area contributed by atoms with E-state index in [1.807, 2.05) is 29.0 Å². The fourth-order valence-electron chi connectivity index (χ4n) is 2.37. The number of hydrogen-bond donors (Lipinski definition) is 3. The first-order chi connectivity index (χ1) is 12.1. The molecule has 3 rings (SSSR count). The molecule has 128 valence electrons. The average Bonchev–Trinajstić information content (AvgIpc) is 3.08. The highest BCUT2D eigenvalue weighted by Crippen LogP contribution is 2.26. The van der Waals surface area contributed by atoms with Crippen LogP contribution in [0.15, 0.2) is 55.3 Å². The number of nitrogens with one attached hydrogen (secondary N) is 1. The van der Waals surface area contributed by atoms with Crippen LogP contribution in [0.5, 0.6) is 0 Å². The van der Waals surface area contributed by atoms with Crippen LogP contribution >= 0.6 is 23.2 Å². The van der Waals surface area contributed by atoms with E-state index < -0.39 is 0 Å². The van der Waals surface area contributed by atoms with Crippen LogP contribution in [0.4, 0.5) is 0 Å². The van der Waals surface area contributed by atoms with Crippen molar-refractivity contribution in [2.45, 2.75) is 6.54 Å². The van der Waals surface area contributed by atoms with Gasteiger partial charge in [-0.1, -0.05) is 35.3 Å². The second kappa shape index (κ2) is 7.57. The number of imidazole rings is 1. The van der Waals surface area contributed by atoms with Gasteiger partial charge in [-0.3, -0.25) is 10.8 Å². The molecule has 5 N–H and O–H groups in total. The van der Waals surface area contributed by atoms with E-state index >= 15 is 0 Å². The molecule has 2 aromatic heterocycles. The summed E-state index contributed by atoms with van der Waals surface area (Å²) in [5, 5.41) is 1.08. The van der Waals surface area contributed by atoms with Gasteiger partial charge in [0.05, 0.1) is 34.3 Å². The maximum atomic E-state index is 6.24. The number of nitrogens with two attached hydrogens (primary N) is 2. The number of aromatic nitrogens is 3. The number of hydrogen-bond acceptors (Lipinski definition) is 5. The van der Waals surface area contributed by atoms with E-state index in [-0.39, 0.29) is 0 Å². The highest BCUT2D eigenvalue weighted by molar-refractivity contribution is 6.42. The van der Waals surface area contributed by atoms with Gasteiger partial charge in [-0.15, -0.1) is 0 Å². The molecular formula is C17H16Cl2N6. The van der Waals surface area contributed by atoms with Crippen molar-refractivity contribution in [2.24, 2.45) is 11.6 Å². The highest BCUT2D eigenvalue weighted by atomic mass is 35.5. The zero-order chi connectivity index (χ0) is 17.8. The molecule has 25 heavy (non-hydrogen) atoms. The maximum Gasteiger partial charge on any atom is 0.107 e. The molecule has 0 amide bonds. The lowest BCUT2D eigenvalue weighted by molar-refractivity contribution is 0.798. The maximum absolute atomic E-state index is 6.24. The van der Waals surface area contributed by atoms with Crippen molar-refractivity contribution in [3.63, 3.8) is 0 Å². The number of benzene rings is 1. The minimum Gasteiger partial charge on any atom is -0.397 e. The summed E-state index contributed by atoms with van der Waals surface area (Å²) in [4.78, 5) is 8.75. The van der Waals surface area contributed by atoms with E-state index in [4.69, 9.17) is 34.8 Å². The molecule has 0 atom stereocenters. The van der Waals surface area contributed by atoms with Crippen molar-refractivity contribution in [1.82, 2.24) is 20.0 Å². The standard InChI is InChI=1S/C17H16Cl2N6/c18-13-3-1-2-12(17(13)19)8-25-9-16(23-10-25)15-6-11(4-5-22-15)14(20)7-24-21/h1-7,9-10,24H,8,20-21H2/b14-7-. The molecule has 8 heteroatoms. The van der Waals surface area contributed by atoms with Crippen molar-refractivity contribution in [1.29, 1.82) is 0 Å². The van der Waals surface area contributed by atoms with Gasteiger partial charge in [-0.05, 0) is 23.8 Å². The van der Waals surface area contributed by atoms with Crippen molar-refractivity contribution in [3.8, 4) is 11.4 Å². The van der Waals surface area contributed by atoms with Crippen LogP contribution in [0.3, 0.4) is 0 Å². The summed E-state index contributed by atoms with van der Waals surface area (Å²) in [5.41, 5.74) is 12.0. The monoisotopic (exact) mass is 374 g/mol. The predicted octanol–water partition coefficient (Wildman–Crippen LogP) is 3.02. The van der Waals surface area contributed by atoms with E-state index in [1.54, 1.807) is 24.7 Å². The van der Waals surface area contributed by atoms with Gasteiger partial charge in [0.2, 0.25) is 0 Å². The molecule has 6 nitrogen and oxygen atoms in total. The Balaban J connectivity index is 1.85. The van der Waals surface area contributed by atoms with Crippen LogP contribution in [0, 0.1) is 0 Å². The number of halogens is 2. The Kier molecular flexibility index (Phi) is 5.23. The molecule has 0 aliphatic rings. The number of hydrazine groups is 1. The Labute approximate surface area is 155 Å². The fraction of sp³-hybridized carbons (Fsp3) is 0.0588. The first kappa shape index (κ1) is 17.3. The van der Waals surface area contributed by atoms with Crippen LogP contribution in [0.1, 0.15) is 11.1 Å². The van der Waals surface area contributed by atoms with Crippen LogP contribution in [0.25, 0.3) is 17.1 Å². The van der Waals surface area contributed by atoms with Gasteiger partial charge in [0.15, 0.2) is 0 Å². The average molecular weight is 375 g/mol. The van der Waals surface area contributed by atoms with Crippen molar-refractivity contribution in [2.75, 3.05) is 0 Å². The summed E-state index contributed by atoms with van der Waals surface area (Å²) < 4.78 is 1.92. The zero-order valence-corrected chi connectivity index (χ0v) is 14.7. The zero-order valence-electron chi connectivity index (χ0n) is 13.2. The summed E-state index contributed by atoms with van der Waals surface area (Å²) in [6, 6.07) is 9.21. The lowest BCUT2D eigenvalue weighted by Crippen LogP contribution is -2.16. The van der Waals surface area contributed by atoms with Crippen LogP contribution in [-0.2, 0) is 6.54 Å². The minimum absolute atomic E-state index is 0.510. The molecular weight excluding hydrogens is 359 g/mol. The largest absolute Gasteiger partial charge is 0.397 e. The lowest BCUT2D eigenvalue weighted by Gasteiger charge is -2.06. The van der Waals surface area contributed by atoms with Crippen molar-refractivity contribution >= 4 is 28.9 Å². The summed E-state index contributed by atoms with van der Waals surface area (Å²) in [7, 11) is 0. The molecule has 0 saturated heterocycles. The predicted molar refractivity (Wildman–Crippen MR) is 101 cm³/mol. The van der Waals surface area contributed by atoms with E-state index in [9.17, 15) is 0 Å². The SMILES string of the molecule is NN/C=C(\N)c1ccnc(-c2cn(Cc3cccc(Cl)c3Cl)cn2)c1. The quantitative estimate of drug-likeness (QED) is 0.471. The molecule has 0 spiro atoms. The third kappa shape index (κ3) is 3.93. The van der Waals surface area contributed by atoms with Gasteiger partial charge < -0.3 is 15.7 Å². The lowest BCUT2D eigenvalue weighted by atomic mass is 10.1. The molecule has 0 aliphatic carbocycles. The molecule has 3 aromatic rings. The first-order valence-corrected chi connectivity index (χ1v) is 8.17. The third-order valence-corrected chi connectivity index (χ3v) is 4.47. The van der Waals surface area contributed by atoms with Gasteiger partial charge in [0, 0.05) is 24.2 Å². The van der Waals surface area contributed by atoms with Crippen LogP contribution in [-0.4, -0.2) is 14.5 Å². The van der Waals surface area contributed by atoms with Gasteiger partial charge in [-0.2, -0.15) is 0 Å². The molecule has 1 aromatic carbocycles. The second-order valence-corrected chi connectivity index (χ2v) is 6.13. The van der Waals surface area contributed by atoms with Gasteiger partial charge in [0.1, 0.15) is 5.69 Å². The molecule has 0 bridgehead atoms. The summed E-state index contributed by atoms with van der Waals surface area (Å²) >= 11 is 12.3.